The quantitative estimate of drug-likeness (QED) is 0.764. The zero-order valence-corrected chi connectivity index (χ0v) is 14.2. The van der Waals surface area contributed by atoms with Gasteiger partial charge in [0.25, 0.3) is 0 Å². The summed E-state index contributed by atoms with van der Waals surface area (Å²) < 4.78 is 16.3. The van der Waals surface area contributed by atoms with E-state index >= 15 is 0 Å². The van der Waals surface area contributed by atoms with Gasteiger partial charge < -0.3 is 14.2 Å². The van der Waals surface area contributed by atoms with Crippen molar-refractivity contribution in [3.63, 3.8) is 0 Å². The van der Waals surface area contributed by atoms with Crippen LogP contribution in [-0.4, -0.2) is 19.2 Å². The fraction of sp³-hybridized carbons (Fsp3) is 0.263. The van der Waals surface area contributed by atoms with E-state index in [2.05, 4.69) is 6.07 Å². The van der Waals surface area contributed by atoms with Crippen molar-refractivity contribution in [2.45, 2.75) is 19.4 Å². The summed E-state index contributed by atoms with van der Waals surface area (Å²) in [5.74, 6) is 0.807. The van der Waals surface area contributed by atoms with Gasteiger partial charge in [0, 0.05) is 6.42 Å². The molecule has 1 aliphatic rings. The number of carbonyl (C=O) groups is 1. The predicted octanol–water partition coefficient (Wildman–Crippen LogP) is 3.66. The van der Waals surface area contributed by atoms with Crippen molar-refractivity contribution < 1.29 is 19.0 Å². The second kappa shape index (κ2) is 7.91. The molecular formula is C19H16ClNO4. The summed E-state index contributed by atoms with van der Waals surface area (Å²) in [4.78, 5) is 11.9. The van der Waals surface area contributed by atoms with Crippen LogP contribution in [0.5, 0.6) is 11.5 Å². The molecule has 5 nitrogen and oxygen atoms in total. The SMILES string of the molecule is N#Cc1ccc(CCC(=O)OCc2cc(Cl)c3c(c2)OCCO3)cc1. The van der Waals surface area contributed by atoms with Crippen molar-refractivity contribution in [3.05, 3.63) is 58.1 Å². The van der Waals surface area contributed by atoms with E-state index in [4.69, 9.17) is 31.1 Å². The van der Waals surface area contributed by atoms with Gasteiger partial charge in [-0.15, -0.1) is 0 Å². The zero-order valence-electron chi connectivity index (χ0n) is 13.5. The second-order valence-corrected chi connectivity index (χ2v) is 5.98. The second-order valence-electron chi connectivity index (χ2n) is 5.57. The first-order valence-electron chi connectivity index (χ1n) is 7.88. The van der Waals surface area contributed by atoms with Crippen molar-refractivity contribution in [1.29, 1.82) is 5.26 Å². The van der Waals surface area contributed by atoms with E-state index in [1.807, 2.05) is 12.1 Å². The molecule has 0 aliphatic carbocycles. The lowest BCUT2D eigenvalue weighted by atomic mass is 10.1. The predicted molar refractivity (Wildman–Crippen MR) is 91.7 cm³/mol. The van der Waals surface area contributed by atoms with Crippen molar-refractivity contribution in [2.75, 3.05) is 13.2 Å². The van der Waals surface area contributed by atoms with Gasteiger partial charge in [-0.25, -0.2) is 0 Å². The number of esters is 1. The fourth-order valence-electron chi connectivity index (χ4n) is 2.48. The Hall–Kier alpha value is -2.71. The molecule has 0 aromatic heterocycles. The molecule has 0 atom stereocenters. The van der Waals surface area contributed by atoms with Gasteiger partial charge in [0.15, 0.2) is 11.5 Å². The van der Waals surface area contributed by atoms with Gasteiger partial charge in [-0.2, -0.15) is 5.26 Å². The normalized spacial score (nSPS) is 12.3. The third-order valence-corrected chi connectivity index (χ3v) is 4.04. The summed E-state index contributed by atoms with van der Waals surface area (Å²) in [6.45, 7) is 1.07. The Bertz CT molecular complexity index is 811. The summed E-state index contributed by atoms with van der Waals surface area (Å²) in [6.07, 6.45) is 0.830. The number of rotatable bonds is 5. The van der Waals surface area contributed by atoms with Crippen LogP contribution in [0.4, 0.5) is 0 Å². The Kier molecular flexibility index (Phi) is 5.42. The molecule has 0 radical (unpaired) electrons. The van der Waals surface area contributed by atoms with Gasteiger partial charge in [0.2, 0.25) is 0 Å². The average Bonchev–Trinajstić information content (AvgIpc) is 2.65. The fourth-order valence-corrected chi connectivity index (χ4v) is 2.76. The molecule has 1 aliphatic heterocycles. The number of nitriles is 1. The standard InChI is InChI=1S/C19H16ClNO4/c20-16-9-15(10-17-19(16)24-8-7-23-17)12-25-18(22)6-5-13-1-3-14(11-21)4-2-13/h1-4,9-10H,5-8,12H2. The Balaban J connectivity index is 1.52. The summed E-state index contributed by atoms with van der Waals surface area (Å²) in [7, 11) is 0. The maximum absolute atomic E-state index is 11.9. The highest BCUT2D eigenvalue weighted by atomic mass is 35.5. The van der Waals surface area contributed by atoms with Crippen LogP contribution in [0.2, 0.25) is 5.02 Å². The molecule has 128 valence electrons. The summed E-state index contributed by atoms with van der Waals surface area (Å²) in [5.41, 5.74) is 2.33. The zero-order chi connectivity index (χ0) is 17.6. The maximum Gasteiger partial charge on any atom is 0.306 e. The molecule has 0 saturated heterocycles. The van der Waals surface area contributed by atoms with Crippen LogP contribution in [0.15, 0.2) is 36.4 Å². The third-order valence-electron chi connectivity index (χ3n) is 3.76. The number of nitrogens with zero attached hydrogens (tertiary/aromatic N) is 1. The van der Waals surface area contributed by atoms with E-state index in [1.165, 1.54) is 0 Å². The number of benzene rings is 2. The number of hydrogen-bond acceptors (Lipinski definition) is 5. The Morgan fingerprint density at radius 2 is 1.92 bits per heavy atom. The molecule has 0 spiro atoms. The first kappa shape index (κ1) is 17.1. The van der Waals surface area contributed by atoms with Crippen LogP contribution in [0.1, 0.15) is 23.1 Å². The highest BCUT2D eigenvalue weighted by Crippen LogP contribution is 2.38. The number of fused-ring (bicyclic) bond motifs is 1. The average molecular weight is 358 g/mol. The number of carbonyl (C=O) groups excluding carboxylic acids is 1. The molecule has 3 rings (SSSR count). The molecule has 1 heterocycles. The summed E-state index contributed by atoms with van der Waals surface area (Å²) >= 11 is 6.16. The van der Waals surface area contributed by atoms with Gasteiger partial charge in [0.05, 0.1) is 16.7 Å². The summed E-state index contributed by atoms with van der Waals surface area (Å²) in [5, 5.41) is 9.21. The monoisotopic (exact) mass is 357 g/mol. The Labute approximate surface area is 150 Å². The molecule has 0 fully saturated rings. The van der Waals surface area contributed by atoms with Gasteiger partial charge in [0.1, 0.15) is 19.8 Å². The minimum atomic E-state index is -0.296. The number of aryl methyl sites for hydroxylation is 1. The van der Waals surface area contributed by atoms with E-state index in [0.29, 0.717) is 41.7 Å². The lowest BCUT2D eigenvalue weighted by molar-refractivity contribution is -0.144. The van der Waals surface area contributed by atoms with Crippen LogP contribution in [-0.2, 0) is 22.6 Å². The molecule has 2 aromatic carbocycles. The van der Waals surface area contributed by atoms with Crippen molar-refractivity contribution >= 4 is 17.6 Å². The smallest absolute Gasteiger partial charge is 0.306 e. The maximum atomic E-state index is 11.9. The Morgan fingerprint density at radius 3 is 2.68 bits per heavy atom. The molecule has 6 heteroatoms. The van der Waals surface area contributed by atoms with Gasteiger partial charge in [-0.05, 0) is 41.8 Å². The van der Waals surface area contributed by atoms with Crippen molar-refractivity contribution in [3.8, 4) is 17.6 Å². The molecule has 0 bridgehead atoms. The number of halogens is 1. The van der Waals surface area contributed by atoms with Gasteiger partial charge >= 0.3 is 5.97 Å². The minimum Gasteiger partial charge on any atom is -0.486 e. The van der Waals surface area contributed by atoms with Crippen LogP contribution in [0.3, 0.4) is 0 Å². The first-order valence-corrected chi connectivity index (χ1v) is 8.26. The molecule has 0 N–H and O–H groups in total. The highest BCUT2D eigenvalue weighted by molar-refractivity contribution is 6.32. The van der Waals surface area contributed by atoms with Gasteiger partial charge in [-0.1, -0.05) is 23.7 Å². The van der Waals surface area contributed by atoms with E-state index in [9.17, 15) is 4.79 Å². The lowest BCUT2D eigenvalue weighted by Crippen LogP contribution is -2.16. The van der Waals surface area contributed by atoms with E-state index < -0.39 is 0 Å². The van der Waals surface area contributed by atoms with E-state index in [1.54, 1.807) is 24.3 Å². The summed E-state index contributed by atoms with van der Waals surface area (Å²) in [6, 6.07) is 12.7. The lowest BCUT2D eigenvalue weighted by Gasteiger charge is -2.20. The van der Waals surface area contributed by atoms with Gasteiger partial charge in [-0.3, -0.25) is 4.79 Å². The Morgan fingerprint density at radius 1 is 1.16 bits per heavy atom. The molecular weight excluding hydrogens is 342 g/mol. The van der Waals surface area contributed by atoms with Crippen LogP contribution >= 0.6 is 11.6 Å². The number of ether oxygens (including phenoxy) is 3. The van der Waals surface area contributed by atoms with Crippen molar-refractivity contribution in [1.82, 2.24) is 0 Å². The number of hydrogen-bond donors (Lipinski definition) is 0. The van der Waals surface area contributed by atoms with E-state index in [-0.39, 0.29) is 19.0 Å². The molecule has 2 aromatic rings. The highest BCUT2D eigenvalue weighted by Gasteiger charge is 2.17. The molecule has 0 saturated carbocycles. The topological polar surface area (TPSA) is 68.6 Å². The first-order chi connectivity index (χ1) is 12.2. The van der Waals surface area contributed by atoms with Crippen LogP contribution in [0, 0.1) is 11.3 Å². The van der Waals surface area contributed by atoms with Crippen molar-refractivity contribution in [2.24, 2.45) is 0 Å². The third kappa shape index (κ3) is 4.43. The largest absolute Gasteiger partial charge is 0.486 e. The molecule has 25 heavy (non-hydrogen) atoms. The molecule has 0 amide bonds. The van der Waals surface area contributed by atoms with Crippen LogP contribution < -0.4 is 9.47 Å². The van der Waals surface area contributed by atoms with Crippen LogP contribution in [0.25, 0.3) is 0 Å². The minimum absolute atomic E-state index is 0.128. The van der Waals surface area contributed by atoms with E-state index in [0.717, 1.165) is 11.1 Å². The molecule has 0 unspecified atom stereocenters.